The Balaban J connectivity index is 0.00000200. The molecule has 1 heterocycles. The van der Waals surface area contributed by atoms with E-state index in [1.807, 2.05) is 13.0 Å². The van der Waals surface area contributed by atoms with Crippen LogP contribution in [0.3, 0.4) is 0 Å². The van der Waals surface area contributed by atoms with Crippen molar-refractivity contribution in [2.75, 3.05) is 33.9 Å². The first-order valence-corrected chi connectivity index (χ1v) is 6.89. The average Bonchev–Trinajstić information content (AvgIpc) is 2.75. The number of para-hydroxylation sites is 2. The van der Waals surface area contributed by atoms with Gasteiger partial charge in [-0.3, -0.25) is 0 Å². The molecule has 2 rings (SSSR count). The van der Waals surface area contributed by atoms with Gasteiger partial charge in [0.2, 0.25) is 0 Å². The second-order valence-electron chi connectivity index (χ2n) is 4.92. The minimum atomic E-state index is 0. The van der Waals surface area contributed by atoms with Gasteiger partial charge in [-0.2, -0.15) is 0 Å². The Kier molecular flexibility index (Phi) is 9.62. The summed E-state index contributed by atoms with van der Waals surface area (Å²) in [7, 11) is 4.18. The second-order valence-corrected chi connectivity index (χ2v) is 4.92. The Morgan fingerprint density at radius 2 is 1.90 bits per heavy atom. The number of fused-ring (bicyclic) bond motifs is 1. The van der Waals surface area contributed by atoms with Gasteiger partial charge < -0.3 is 14.2 Å². The maximum absolute atomic E-state index is 5.48. The molecule has 0 fully saturated rings. The molecule has 0 saturated heterocycles. The molecule has 0 atom stereocenters. The van der Waals surface area contributed by atoms with E-state index in [-0.39, 0.29) is 24.8 Å². The number of halogens is 2. The summed E-state index contributed by atoms with van der Waals surface area (Å²) in [6.45, 7) is 5.42. The lowest BCUT2D eigenvalue weighted by molar-refractivity contribution is 0.139. The molecule has 0 radical (unpaired) electrons. The molecule has 0 aliphatic rings. The number of hydrogen-bond acceptors (Lipinski definition) is 3. The topological polar surface area (TPSA) is 30.3 Å². The van der Waals surface area contributed by atoms with E-state index in [1.165, 1.54) is 5.52 Å². The molecule has 0 spiro atoms. The highest BCUT2D eigenvalue weighted by atomic mass is 35.5. The van der Waals surface area contributed by atoms with Crippen molar-refractivity contribution >= 4 is 35.8 Å². The van der Waals surface area contributed by atoms with Crippen molar-refractivity contribution in [3.05, 3.63) is 30.1 Å². The molecular formula is C15H25Cl2N3O. The largest absolute Gasteiger partial charge is 0.380 e. The normalized spacial score (nSPS) is 10.5. The van der Waals surface area contributed by atoms with E-state index < -0.39 is 0 Å². The van der Waals surface area contributed by atoms with Crippen molar-refractivity contribution in [2.24, 2.45) is 0 Å². The monoisotopic (exact) mass is 333 g/mol. The summed E-state index contributed by atoms with van der Waals surface area (Å²) in [4.78, 5) is 6.93. The van der Waals surface area contributed by atoms with E-state index in [1.54, 1.807) is 0 Å². The molecule has 1 aromatic heterocycles. The number of aromatic nitrogens is 2. The maximum atomic E-state index is 5.48. The van der Waals surface area contributed by atoms with E-state index in [0.29, 0.717) is 0 Å². The molecule has 4 nitrogen and oxygen atoms in total. The van der Waals surface area contributed by atoms with Crippen LogP contribution in [0.25, 0.3) is 11.0 Å². The first-order chi connectivity index (χ1) is 9.22. The molecule has 0 aliphatic heterocycles. The standard InChI is InChI=1S/C15H23N3O.2ClH/c1-4-19-12-11-18-14-8-6-5-7-13(14)16-15(18)9-10-17(2)3;;/h5-8H,4,9-12H2,1-3H3;2*1H. The Morgan fingerprint density at radius 1 is 1.19 bits per heavy atom. The number of hydrogen-bond donors (Lipinski definition) is 0. The molecular weight excluding hydrogens is 309 g/mol. The molecule has 21 heavy (non-hydrogen) atoms. The van der Waals surface area contributed by atoms with Crippen LogP contribution in [0, 0.1) is 0 Å². The van der Waals surface area contributed by atoms with Crippen LogP contribution in [0.15, 0.2) is 24.3 Å². The molecule has 0 unspecified atom stereocenters. The smallest absolute Gasteiger partial charge is 0.111 e. The van der Waals surface area contributed by atoms with Crippen molar-refractivity contribution in [1.82, 2.24) is 14.5 Å². The fourth-order valence-electron chi connectivity index (χ4n) is 2.19. The third-order valence-corrected chi connectivity index (χ3v) is 3.18. The molecule has 120 valence electrons. The van der Waals surface area contributed by atoms with Crippen molar-refractivity contribution in [3.63, 3.8) is 0 Å². The second kappa shape index (κ2) is 10.0. The predicted octanol–water partition coefficient (Wildman–Crippen LogP) is 3.02. The Hall–Kier alpha value is -0.810. The predicted molar refractivity (Wildman–Crippen MR) is 93.0 cm³/mol. The fraction of sp³-hybridized carbons (Fsp3) is 0.533. The van der Waals surface area contributed by atoms with Crippen LogP contribution in [-0.4, -0.2) is 48.3 Å². The minimum absolute atomic E-state index is 0. The van der Waals surface area contributed by atoms with Crippen LogP contribution in [0.5, 0.6) is 0 Å². The minimum Gasteiger partial charge on any atom is -0.380 e. The summed E-state index contributed by atoms with van der Waals surface area (Å²) in [5, 5.41) is 0. The van der Waals surface area contributed by atoms with Crippen molar-refractivity contribution in [1.29, 1.82) is 0 Å². The first-order valence-electron chi connectivity index (χ1n) is 6.89. The van der Waals surface area contributed by atoms with Gasteiger partial charge in [0.1, 0.15) is 5.82 Å². The molecule has 0 saturated carbocycles. The summed E-state index contributed by atoms with van der Waals surface area (Å²) >= 11 is 0. The van der Waals surface area contributed by atoms with Crippen LogP contribution >= 0.6 is 24.8 Å². The van der Waals surface area contributed by atoms with Crippen LogP contribution < -0.4 is 0 Å². The van der Waals surface area contributed by atoms with E-state index in [9.17, 15) is 0 Å². The van der Waals surface area contributed by atoms with E-state index in [0.717, 1.165) is 44.1 Å². The molecule has 6 heteroatoms. The van der Waals surface area contributed by atoms with Gasteiger partial charge in [0, 0.05) is 26.1 Å². The summed E-state index contributed by atoms with van der Waals surface area (Å²) < 4.78 is 7.76. The maximum Gasteiger partial charge on any atom is 0.111 e. The van der Waals surface area contributed by atoms with E-state index in [2.05, 4.69) is 41.8 Å². The zero-order chi connectivity index (χ0) is 13.7. The van der Waals surface area contributed by atoms with Crippen molar-refractivity contribution in [3.8, 4) is 0 Å². The number of rotatable bonds is 7. The number of nitrogens with zero attached hydrogens (tertiary/aromatic N) is 3. The quantitative estimate of drug-likeness (QED) is 0.729. The summed E-state index contributed by atoms with van der Waals surface area (Å²) in [6.07, 6.45) is 0.966. The van der Waals surface area contributed by atoms with Crippen LogP contribution in [-0.2, 0) is 17.7 Å². The van der Waals surface area contributed by atoms with Crippen molar-refractivity contribution in [2.45, 2.75) is 19.9 Å². The average molecular weight is 334 g/mol. The van der Waals surface area contributed by atoms with E-state index in [4.69, 9.17) is 9.72 Å². The first kappa shape index (κ1) is 20.2. The Labute approximate surface area is 139 Å². The van der Waals surface area contributed by atoms with Gasteiger partial charge >= 0.3 is 0 Å². The number of likely N-dealkylation sites (N-methyl/N-ethyl adjacent to an activating group) is 1. The summed E-state index contributed by atoms with van der Waals surface area (Å²) in [6, 6.07) is 8.31. The van der Waals surface area contributed by atoms with Crippen LogP contribution in [0.2, 0.25) is 0 Å². The highest BCUT2D eigenvalue weighted by Gasteiger charge is 2.10. The van der Waals surface area contributed by atoms with Crippen LogP contribution in [0.1, 0.15) is 12.7 Å². The van der Waals surface area contributed by atoms with Crippen molar-refractivity contribution < 1.29 is 4.74 Å². The Bertz CT molecular complexity index is 529. The zero-order valence-corrected chi connectivity index (χ0v) is 14.5. The van der Waals surface area contributed by atoms with Gasteiger partial charge in [-0.15, -0.1) is 24.8 Å². The molecule has 0 amide bonds. The summed E-state index contributed by atoms with van der Waals surface area (Å²) in [5.41, 5.74) is 2.28. The van der Waals surface area contributed by atoms with Gasteiger partial charge in [-0.05, 0) is 33.2 Å². The lowest BCUT2D eigenvalue weighted by Gasteiger charge is -2.12. The fourth-order valence-corrected chi connectivity index (χ4v) is 2.19. The van der Waals surface area contributed by atoms with Crippen LogP contribution in [0.4, 0.5) is 0 Å². The van der Waals surface area contributed by atoms with Gasteiger partial charge in [0.05, 0.1) is 17.6 Å². The number of imidazole rings is 1. The molecule has 0 N–H and O–H groups in total. The highest BCUT2D eigenvalue weighted by molar-refractivity contribution is 5.85. The SMILES string of the molecule is CCOCCn1c(CCN(C)C)nc2ccccc21.Cl.Cl. The zero-order valence-electron chi connectivity index (χ0n) is 12.9. The number of ether oxygens (including phenoxy) is 1. The summed E-state index contributed by atoms with van der Waals surface area (Å²) in [5.74, 6) is 1.15. The van der Waals surface area contributed by atoms with E-state index >= 15 is 0 Å². The van der Waals surface area contributed by atoms with Gasteiger partial charge in [0.15, 0.2) is 0 Å². The Morgan fingerprint density at radius 3 is 2.57 bits per heavy atom. The third-order valence-electron chi connectivity index (χ3n) is 3.18. The van der Waals surface area contributed by atoms with Gasteiger partial charge in [0.25, 0.3) is 0 Å². The molecule has 1 aromatic carbocycles. The molecule has 0 aliphatic carbocycles. The third kappa shape index (κ3) is 5.47. The lowest BCUT2D eigenvalue weighted by Crippen LogP contribution is -2.18. The van der Waals surface area contributed by atoms with Gasteiger partial charge in [-0.1, -0.05) is 12.1 Å². The lowest BCUT2D eigenvalue weighted by atomic mass is 10.3. The molecule has 0 bridgehead atoms. The highest BCUT2D eigenvalue weighted by Crippen LogP contribution is 2.16. The molecule has 2 aromatic rings. The number of benzene rings is 1. The van der Waals surface area contributed by atoms with Gasteiger partial charge in [-0.25, -0.2) is 4.98 Å².